The molecule has 1 aliphatic rings. The summed E-state index contributed by atoms with van der Waals surface area (Å²) in [6.07, 6.45) is 1.05. The highest BCUT2D eigenvalue weighted by Crippen LogP contribution is 2.15. The van der Waals surface area contributed by atoms with Crippen LogP contribution < -0.4 is 5.73 Å². The fraction of sp³-hybridized carbons (Fsp3) is 0.917. The molecule has 0 spiro atoms. The topological polar surface area (TPSA) is 55.6 Å². The molecular formula is C12H24N2O2. The monoisotopic (exact) mass is 228 g/mol. The van der Waals surface area contributed by atoms with Crippen molar-refractivity contribution in [1.29, 1.82) is 0 Å². The fourth-order valence-corrected chi connectivity index (χ4v) is 1.90. The largest absolute Gasteiger partial charge is 0.375 e. The van der Waals surface area contributed by atoms with Crippen LogP contribution in [-0.4, -0.2) is 42.1 Å². The maximum atomic E-state index is 12.2. The summed E-state index contributed by atoms with van der Waals surface area (Å²) in [4.78, 5) is 14.1. The van der Waals surface area contributed by atoms with Crippen LogP contribution in [0.15, 0.2) is 0 Å². The average molecular weight is 228 g/mol. The molecule has 3 unspecified atom stereocenters. The molecule has 0 aromatic rings. The van der Waals surface area contributed by atoms with Gasteiger partial charge >= 0.3 is 0 Å². The number of carbonyl (C=O) groups is 1. The predicted molar refractivity (Wildman–Crippen MR) is 64.0 cm³/mol. The molecule has 0 aromatic carbocycles. The van der Waals surface area contributed by atoms with Crippen LogP contribution in [-0.2, 0) is 9.53 Å². The highest BCUT2D eigenvalue weighted by Gasteiger charge is 2.32. The van der Waals surface area contributed by atoms with Crippen molar-refractivity contribution in [1.82, 2.24) is 4.90 Å². The molecule has 1 amide bonds. The van der Waals surface area contributed by atoms with Crippen molar-refractivity contribution in [2.24, 2.45) is 11.7 Å². The van der Waals surface area contributed by atoms with E-state index in [9.17, 15) is 4.79 Å². The van der Waals surface area contributed by atoms with Crippen molar-refractivity contribution < 1.29 is 9.53 Å². The summed E-state index contributed by atoms with van der Waals surface area (Å²) in [5, 5.41) is 0. The van der Waals surface area contributed by atoms with Crippen molar-refractivity contribution in [2.75, 3.05) is 13.2 Å². The number of rotatable bonds is 3. The molecule has 1 aliphatic heterocycles. The smallest absolute Gasteiger partial charge is 0.240 e. The van der Waals surface area contributed by atoms with Crippen LogP contribution in [0.1, 0.15) is 34.1 Å². The van der Waals surface area contributed by atoms with E-state index in [0.29, 0.717) is 13.2 Å². The Balaban J connectivity index is 2.64. The molecule has 1 saturated heterocycles. The summed E-state index contributed by atoms with van der Waals surface area (Å²) < 4.78 is 5.50. The van der Waals surface area contributed by atoms with E-state index in [1.807, 2.05) is 25.7 Å². The van der Waals surface area contributed by atoms with Gasteiger partial charge in [0, 0.05) is 6.54 Å². The van der Waals surface area contributed by atoms with Gasteiger partial charge < -0.3 is 15.4 Å². The highest BCUT2D eigenvalue weighted by atomic mass is 16.5. The Hall–Kier alpha value is -0.610. The Kier molecular flexibility index (Phi) is 4.74. The van der Waals surface area contributed by atoms with E-state index in [1.165, 1.54) is 0 Å². The molecule has 1 fully saturated rings. The van der Waals surface area contributed by atoms with Crippen molar-refractivity contribution in [2.45, 2.75) is 52.3 Å². The van der Waals surface area contributed by atoms with Crippen molar-refractivity contribution >= 4 is 5.91 Å². The van der Waals surface area contributed by atoms with Crippen molar-refractivity contribution in [3.05, 3.63) is 0 Å². The zero-order valence-electron chi connectivity index (χ0n) is 10.8. The molecule has 94 valence electrons. The lowest BCUT2D eigenvalue weighted by atomic mass is 9.98. The van der Waals surface area contributed by atoms with E-state index in [4.69, 9.17) is 10.5 Å². The van der Waals surface area contributed by atoms with Gasteiger partial charge in [-0.25, -0.2) is 0 Å². The van der Waals surface area contributed by atoms with Crippen LogP contribution in [0.4, 0.5) is 0 Å². The average Bonchev–Trinajstić information content (AvgIpc) is 2.29. The van der Waals surface area contributed by atoms with Crippen LogP contribution >= 0.6 is 0 Å². The number of amides is 1. The molecule has 4 nitrogen and oxygen atoms in total. The summed E-state index contributed by atoms with van der Waals surface area (Å²) in [5.74, 6) is 0.301. The van der Waals surface area contributed by atoms with Crippen LogP contribution in [0.25, 0.3) is 0 Å². The Morgan fingerprint density at radius 3 is 2.75 bits per heavy atom. The minimum absolute atomic E-state index is 0.0667. The van der Waals surface area contributed by atoms with Gasteiger partial charge in [-0.2, -0.15) is 0 Å². The van der Waals surface area contributed by atoms with Gasteiger partial charge in [0.25, 0.3) is 0 Å². The molecule has 2 N–H and O–H groups in total. The lowest BCUT2D eigenvalue weighted by Crippen LogP contribution is -2.56. The molecule has 0 radical (unpaired) electrons. The standard InChI is InChI=1S/C12H24N2O2/c1-5-8(2)11(13)12(15)14-6-10(4)16-7-9(14)3/h8-11H,5-7,13H2,1-4H3/t8?,9?,10?,11-/m0/s1. The zero-order valence-corrected chi connectivity index (χ0v) is 10.8. The van der Waals surface area contributed by atoms with Crippen molar-refractivity contribution in [3.8, 4) is 0 Å². The summed E-state index contributed by atoms with van der Waals surface area (Å²) in [7, 11) is 0. The Bertz CT molecular complexity index is 245. The highest BCUT2D eigenvalue weighted by molar-refractivity contribution is 5.82. The van der Waals surface area contributed by atoms with Crippen molar-refractivity contribution in [3.63, 3.8) is 0 Å². The molecular weight excluding hydrogens is 204 g/mol. The Morgan fingerprint density at radius 1 is 1.56 bits per heavy atom. The van der Waals surface area contributed by atoms with E-state index in [2.05, 4.69) is 6.92 Å². The second-order valence-corrected chi connectivity index (χ2v) is 4.89. The molecule has 0 aliphatic carbocycles. The normalized spacial score (nSPS) is 29.9. The molecule has 1 rings (SSSR count). The zero-order chi connectivity index (χ0) is 12.3. The van der Waals surface area contributed by atoms with E-state index in [1.54, 1.807) is 0 Å². The van der Waals surface area contributed by atoms with Gasteiger partial charge in [0.2, 0.25) is 5.91 Å². The second kappa shape index (κ2) is 5.64. The van der Waals surface area contributed by atoms with Crippen LogP contribution in [0.2, 0.25) is 0 Å². The van der Waals surface area contributed by atoms with E-state index < -0.39 is 0 Å². The van der Waals surface area contributed by atoms with Gasteiger partial charge in [-0.15, -0.1) is 0 Å². The SMILES string of the molecule is CCC(C)[C@H](N)C(=O)N1CC(C)OCC1C. The third-order valence-corrected chi connectivity index (χ3v) is 3.43. The fourth-order valence-electron chi connectivity index (χ4n) is 1.90. The van der Waals surface area contributed by atoms with E-state index >= 15 is 0 Å². The third kappa shape index (κ3) is 2.95. The summed E-state index contributed by atoms with van der Waals surface area (Å²) in [6, 6.07) is -0.239. The van der Waals surface area contributed by atoms with Gasteiger partial charge in [-0.3, -0.25) is 4.79 Å². The van der Waals surface area contributed by atoms with Gasteiger partial charge in [-0.1, -0.05) is 20.3 Å². The molecule has 16 heavy (non-hydrogen) atoms. The lowest BCUT2D eigenvalue weighted by Gasteiger charge is -2.38. The number of ether oxygens (including phenoxy) is 1. The number of nitrogens with zero attached hydrogens (tertiary/aromatic N) is 1. The van der Waals surface area contributed by atoms with Gasteiger partial charge in [-0.05, 0) is 19.8 Å². The summed E-state index contributed by atoms with van der Waals surface area (Å²) >= 11 is 0. The quantitative estimate of drug-likeness (QED) is 0.784. The minimum atomic E-state index is -0.377. The molecule has 1 heterocycles. The first-order valence-electron chi connectivity index (χ1n) is 6.15. The van der Waals surface area contributed by atoms with Gasteiger partial charge in [0.1, 0.15) is 0 Å². The lowest BCUT2D eigenvalue weighted by molar-refractivity contribution is -0.145. The molecule has 4 heteroatoms. The van der Waals surface area contributed by atoms with E-state index in [-0.39, 0.29) is 30.0 Å². The maximum absolute atomic E-state index is 12.2. The van der Waals surface area contributed by atoms with Gasteiger partial charge in [0.15, 0.2) is 0 Å². The van der Waals surface area contributed by atoms with E-state index in [0.717, 1.165) is 6.42 Å². The third-order valence-electron chi connectivity index (χ3n) is 3.43. The van der Waals surface area contributed by atoms with Gasteiger partial charge in [0.05, 0.1) is 24.8 Å². The molecule has 0 saturated carbocycles. The maximum Gasteiger partial charge on any atom is 0.240 e. The number of hydrogen-bond acceptors (Lipinski definition) is 3. The Morgan fingerprint density at radius 2 is 2.19 bits per heavy atom. The number of nitrogens with two attached hydrogens (primary N) is 1. The first-order valence-corrected chi connectivity index (χ1v) is 6.15. The summed E-state index contributed by atoms with van der Waals surface area (Å²) in [6.45, 7) is 9.35. The molecule has 0 aromatic heterocycles. The van der Waals surface area contributed by atoms with Crippen LogP contribution in [0.5, 0.6) is 0 Å². The molecule has 4 atom stereocenters. The van der Waals surface area contributed by atoms with Crippen LogP contribution in [0, 0.1) is 5.92 Å². The number of carbonyl (C=O) groups excluding carboxylic acids is 1. The Labute approximate surface area is 98.1 Å². The van der Waals surface area contributed by atoms with Crippen LogP contribution in [0.3, 0.4) is 0 Å². The number of hydrogen-bond donors (Lipinski definition) is 1. The minimum Gasteiger partial charge on any atom is -0.375 e. The predicted octanol–water partition coefficient (Wildman–Crippen LogP) is 0.996. The first kappa shape index (κ1) is 13.5. The first-order chi connectivity index (χ1) is 7.47. The number of morpholine rings is 1. The molecule has 0 bridgehead atoms. The summed E-state index contributed by atoms with van der Waals surface area (Å²) in [5.41, 5.74) is 5.98. The second-order valence-electron chi connectivity index (χ2n) is 4.89.